The standard InChI is InChI=1S/C12H17N5S/c1-8-7-18-10-9(8)14-12(13)15-11(10)17-5-3-16(2)4-6-17/h7H,3-6H2,1-2H3,(H2,13,14,15). The van der Waals surface area contributed by atoms with Crippen molar-refractivity contribution >= 4 is 33.3 Å². The first-order chi connectivity index (χ1) is 8.65. The van der Waals surface area contributed by atoms with E-state index in [-0.39, 0.29) is 0 Å². The number of rotatable bonds is 1. The molecule has 3 rings (SSSR count). The van der Waals surface area contributed by atoms with Crippen LogP contribution in [-0.4, -0.2) is 48.1 Å². The molecule has 2 N–H and O–H groups in total. The number of fused-ring (bicyclic) bond motifs is 1. The van der Waals surface area contributed by atoms with Crippen LogP contribution in [0.25, 0.3) is 10.2 Å². The van der Waals surface area contributed by atoms with Gasteiger partial charge < -0.3 is 15.5 Å². The second-order valence-electron chi connectivity index (χ2n) is 4.79. The van der Waals surface area contributed by atoms with E-state index in [1.54, 1.807) is 11.3 Å². The summed E-state index contributed by atoms with van der Waals surface area (Å²) in [5, 5.41) is 2.12. The van der Waals surface area contributed by atoms with E-state index in [0.717, 1.165) is 42.2 Å². The number of hydrogen-bond donors (Lipinski definition) is 1. The highest BCUT2D eigenvalue weighted by Gasteiger charge is 2.20. The van der Waals surface area contributed by atoms with Gasteiger partial charge in [0, 0.05) is 26.2 Å². The lowest BCUT2D eigenvalue weighted by Crippen LogP contribution is -2.44. The molecule has 1 aliphatic heterocycles. The van der Waals surface area contributed by atoms with Crippen molar-refractivity contribution < 1.29 is 0 Å². The minimum atomic E-state index is 0.373. The van der Waals surface area contributed by atoms with Crippen LogP contribution in [0.1, 0.15) is 5.56 Å². The fourth-order valence-corrected chi connectivity index (χ4v) is 3.27. The normalized spacial score (nSPS) is 17.6. The van der Waals surface area contributed by atoms with Crippen molar-refractivity contribution in [1.29, 1.82) is 0 Å². The summed E-state index contributed by atoms with van der Waals surface area (Å²) in [7, 11) is 2.15. The van der Waals surface area contributed by atoms with Crippen LogP contribution in [0.4, 0.5) is 11.8 Å². The molecule has 18 heavy (non-hydrogen) atoms. The topological polar surface area (TPSA) is 58.3 Å². The van der Waals surface area contributed by atoms with Crippen LogP contribution >= 0.6 is 11.3 Å². The number of hydrogen-bond acceptors (Lipinski definition) is 6. The van der Waals surface area contributed by atoms with E-state index in [9.17, 15) is 0 Å². The van der Waals surface area contributed by atoms with Crippen molar-refractivity contribution in [3.05, 3.63) is 10.9 Å². The molecule has 1 saturated heterocycles. The van der Waals surface area contributed by atoms with Crippen LogP contribution in [0.5, 0.6) is 0 Å². The summed E-state index contributed by atoms with van der Waals surface area (Å²) >= 11 is 1.71. The van der Waals surface area contributed by atoms with Gasteiger partial charge in [0.2, 0.25) is 5.95 Å². The third-order valence-electron chi connectivity index (χ3n) is 3.39. The van der Waals surface area contributed by atoms with E-state index in [1.165, 1.54) is 5.56 Å². The zero-order valence-electron chi connectivity index (χ0n) is 10.7. The maximum atomic E-state index is 5.83. The molecule has 5 nitrogen and oxygen atoms in total. The number of piperazine rings is 1. The minimum absolute atomic E-state index is 0.373. The molecule has 2 aromatic heterocycles. The Labute approximate surface area is 110 Å². The van der Waals surface area contributed by atoms with Gasteiger partial charge in [-0.25, -0.2) is 4.98 Å². The third kappa shape index (κ3) is 1.91. The molecule has 0 atom stereocenters. The first kappa shape index (κ1) is 11.7. The largest absolute Gasteiger partial charge is 0.368 e. The van der Waals surface area contributed by atoms with Crippen molar-refractivity contribution in [3.8, 4) is 0 Å². The van der Waals surface area contributed by atoms with Gasteiger partial charge in [-0.1, -0.05) is 0 Å². The summed E-state index contributed by atoms with van der Waals surface area (Å²) in [4.78, 5) is 13.4. The molecule has 0 amide bonds. The van der Waals surface area contributed by atoms with Crippen LogP contribution in [0.2, 0.25) is 0 Å². The van der Waals surface area contributed by atoms with E-state index in [4.69, 9.17) is 5.73 Å². The Hall–Kier alpha value is -1.40. The molecule has 0 unspecified atom stereocenters. The van der Waals surface area contributed by atoms with E-state index in [0.29, 0.717) is 5.95 Å². The Bertz CT molecular complexity index is 571. The molecule has 2 aromatic rings. The molecule has 6 heteroatoms. The lowest BCUT2D eigenvalue weighted by Gasteiger charge is -2.33. The second kappa shape index (κ2) is 4.37. The molecule has 1 aliphatic rings. The van der Waals surface area contributed by atoms with Gasteiger partial charge in [-0.05, 0) is 24.9 Å². The van der Waals surface area contributed by atoms with Crippen LogP contribution in [-0.2, 0) is 0 Å². The van der Waals surface area contributed by atoms with E-state index in [1.807, 2.05) is 0 Å². The van der Waals surface area contributed by atoms with E-state index >= 15 is 0 Å². The Kier molecular flexibility index (Phi) is 2.83. The Morgan fingerprint density at radius 2 is 1.94 bits per heavy atom. The molecule has 96 valence electrons. The zero-order chi connectivity index (χ0) is 12.7. The van der Waals surface area contributed by atoms with Gasteiger partial charge in [0.15, 0.2) is 5.82 Å². The third-order valence-corrected chi connectivity index (χ3v) is 4.48. The Morgan fingerprint density at radius 1 is 1.22 bits per heavy atom. The zero-order valence-corrected chi connectivity index (χ0v) is 11.5. The fourth-order valence-electron chi connectivity index (χ4n) is 2.27. The summed E-state index contributed by atoms with van der Waals surface area (Å²) in [6, 6.07) is 0. The molecule has 0 radical (unpaired) electrons. The van der Waals surface area contributed by atoms with Crippen LogP contribution in [0, 0.1) is 6.92 Å². The van der Waals surface area contributed by atoms with Gasteiger partial charge in [0.1, 0.15) is 0 Å². The number of aromatic nitrogens is 2. The SMILES string of the molecule is Cc1csc2c(N3CCN(C)CC3)nc(N)nc12. The monoisotopic (exact) mass is 263 g/mol. The average molecular weight is 263 g/mol. The molecular weight excluding hydrogens is 246 g/mol. The molecule has 0 saturated carbocycles. The highest BCUT2D eigenvalue weighted by molar-refractivity contribution is 7.18. The number of anilines is 2. The lowest BCUT2D eigenvalue weighted by atomic mass is 10.3. The van der Waals surface area contributed by atoms with Gasteiger partial charge in [-0.2, -0.15) is 4.98 Å². The highest BCUT2D eigenvalue weighted by Crippen LogP contribution is 2.32. The van der Waals surface area contributed by atoms with Gasteiger partial charge in [-0.3, -0.25) is 0 Å². The van der Waals surface area contributed by atoms with Crippen LogP contribution < -0.4 is 10.6 Å². The Morgan fingerprint density at radius 3 is 2.67 bits per heavy atom. The lowest BCUT2D eigenvalue weighted by molar-refractivity contribution is 0.312. The van der Waals surface area contributed by atoms with E-state index in [2.05, 4.69) is 39.1 Å². The number of nitrogens with two attached hydrogens (primary N) is 1. The van der Waals surface area contributed by atoms with Crippen LogP contribution in [0.3, 0.4) is 0 Å². The molecule has 0 aromatic carbocycles. The smallest absolute Gasteiger partial charge is 0.222 e. The van der Waals surface area contributed by atoms with Gasteiger partial charge in [0.25, 0.3) is 0 Å². The molecule has 1 fully saturated rings. The second-order valence-corrected chi connectivity index (χ2v) is 5.67. The number of nitrogen functional groups attached to an aromatic ring is 1. The van der Waals surface area contributed by atoms with Crippen molar-refractivity contribution in [3.63, 3.8) is 0 Å². The molecule has 0 bridgehead atoms. The highest BCUT2D eigenvalue weighted by atomic mass is 32.1. The summed E-state index contributed by atoms with van der Waals surface area (Å²) < 4.78 is 1.16. The number of likely N-dealkylation sites (N-methyl/N-ethyl adjacent to an activating group) is 1. The molecule has 0 aliphatic carbocycles. The number of aryl methyl sites for hydroxylation is 1. The maximum absolute atomic E-state index is 5.83. The summed E-state index contributed by atoms with van der Waals surface area (Å²) in [6.07, 6.45) is 0. The van der Waals surface area contributed by atoms with Crippen molar-refractivity contribution in [2.24, 2.45) is 0 Å². The summed E-state index contributed by atoms with van der Waals surface area (Å²) in [5.74, 6) is 1.38. The predicted molar refractivity (Wildman–Crippen MR) is 76.3 cm³/mol. The fraction of sp³-hybridized carbons (Fsp3) is 0.500. The Balaban J connectivity index is 2.05. The molecular formula is C12H17N5S. The summed E-state index contributed by atoms with van der Waals surface area (Å²) in [6.45, 7) is 6.20. The van der Waals surface area contributed by atoms with Gasteiger partial charge >= 0.3 is 0 Å². The first-order valence-corrected chi connectivity index (χ1v) is 6.98. The van der Waals surface area contributed by atoms with Gasteiger partial charge in [0.05, 0.1) is 10.2 Å². The number of thiophene rings is 1. The van der Waals surface area contributed by atoms with Crippen molar-refractivity contribution in [2.75, 3.05) is 43.9 Å². The van der Waals surface area contributed by atoms with Crippen molar-refractivity contribution in [1.82, 2.24) is 14.9 Å². The van der Waals surface area contributed by atoms with Gasteiger partial charge in [-0.15, -0.1) is 11.3 Å². The van der Waals surface area contributed by atoms with Crippen LogP contribution in [0.15, 0.2) is 5.38 Å². The maximum Gasteiger partial charge on any atom is 0.222 e. The average Bonchev–Trinajstić information content (AvgIpc) is 2.71. The molecule has 3 heterocycles. The minimum Gasteiger partial charge on any atom is -0.368 e. The predicted octanol–water partition coefficient (Wildman–Crippen LogP) is 1.33. The quantitative estimate of drug-likeness (QED) is 0.841. The van der Waals surface area contributed by atoms with E-state index < -0.39 is 0 Å². The molecule has 0 spiro atoms. The van der Waals surface area contributed by atoms with Crippen molar-refractivity contribution in [2.45, 2.75) is 6.92 Å². The first-order valence-electron chi connectivity index (χ1n) is 6.10. The number of nitrogens with zero attached hydrogens (tertiary/aromatic N) is 4. The summed E-state index contributed by atoms with van der Waals surface area (Å²) in [5.41, 5.74) is 8.01.